The number of nitrogens with zero attached hydrogens (tertiary/aromatic N) is 2. The zero-order valence-corrected chi connectivity index (χ0v) is 17.4. The molecule has 1 heterocycles. The summed E-state index contributed by atoms with van der Waals surface area (Å²) in [5, 5.41) is 2.88. The molecule has 0 bridgehead atoms. The fraction of sp³-hybridized carbons (Fsp3) is 0.381. The van der Waals surface area contributed by atoms with E-state index >= 15 is 0 Å². The van der Waals surface area contributed by atoms with E-state index in [0.717, 1.165) is 24.1 Å². The zero-order valence-electron chi connectivity index (χ0n) is 16.6. The number of benzene rings is 2. The van der Waals surface area contributed by atoms with Crippen LogP contribution < -0.4 is 10.2 Å². The number of rotatable bonds is 5. The van der Waals surface area contributed by atoms with E-state index in [1.807, 2.05) is 50.2 Å². The first-order valence-electron chi connectivity index (χ1n) is 9.46. The van der Waals surface area contributed by atoms with Crippen LogP contribution in [0.3, 0.4) is 0 Å². The molecule has 1 saturated heterocycles. The standard InChI is InChI=1S/C21H27N3O3S/c1-16-7-13-19(14-8-16)28(26,27)24-15-5-4-6-20(24)21(25)22-17-9-11-18(12-10-17)23(2)3/h7-14,20H,4-6,15H2,1-3H3,(H,22,25)/t20-/m1/s1. The summed E-state index contributed by atoms with van der Waals surface area (Å²) in [5.74, 6) is -0.284. The second kappa shape index (κ2) is 8.32. The van der Waals surface area contributed by atoms with Crippen LogP contribution in [0, 0.1) is 6.92 Å². The molecule has 1 N–H and O–H groups in total. The molecule has 1 aliphatic heterocycles. The van der Waals surface area contributed by atoms with Crippen molar-refractivity contribution in [1.82, 2.24) is 4.31 Å². The molecule has 28 heavy (non-hydrogen) atoms. The second-order valence-corrected chi connectivity index (χ2v) is 9.26. The van der Waals surface area contributed by atoms with Crippen LogP contribution in [0.15, 0.2) is 53.4 Å². The number of hydrogen-bond acceptors (Lipinski definition) is 4. The molecule has 0 aromatic heterocycles. The SMILES string of the molecule is Cc1ccc(S(=O)(=O)N2CCCC[C@@H]2C(=O)Nc2ccc(N(C)C)cc2)cc1. The highest BCUT2D eigenvalue weighted by Gasteiger charge is 2.37. The van der Waals surface area contributed by atoms with Crippen molar-refractivity contribution in [2.24, 2.45) is 0 Å². The average molecular weight is 402 g/mol. The van der Waals surface area contributed by atoms with Crippen molar-refractivity contribution in [3.8, 4) is 0 Å². The lowest BCUT2D eigenvalue weighted by Gasteiger charge is -2.33. The maximum absolute atomic E-state index is 13.1. The lowest BCUT2D eigenvalue weighted by molar-refractivity contribution is -0.120. The number of carbonyl (C=O) groups is 1. The predicted molar refractivity (Wildman–Crippen MR) is 112 cm³/mol. The molecule has 1 fully saturated rings. The molecular weight excluding hydrogens is 374 g/mol. The molecule has 6 nitrogen and oxygen atoms in total. The summed E-state index contributed by atoms with van der Waals surface area (Å²) in [6, 6.07) is 13.5. The Hall–Kier alpha value is -2.38. The van der Waals surface area contributed by atoms with Gasteiger partial charge in [-0.15, -0.1) is 0 Å². The minimum atomic E-state index is -3.72. The van der Waals surface area contributed by atoms with Gasteiger partial charge in [0.05, 0.1) is 4.90 Å². The summed E-state index contributed by atoms with van der Waals surface area (Å²) < 4.78 is 27.6. The number of sulfonamides is 1. The molecule has 2 aromatic rings. The second-order valence-electron chi connectivity index (χ2n) is 7.37. The lowest BCUT2D eigenvalue weighted by atomic mass is 10.0. The van der Waals surface area contributed by atoms with E-state index in [0.29, 0.717) is 18.7 Å². The largest absolute Gasteiger partial charge is 0.378 e. The highest BCUT2D eigenvalue weighted by molar-refractivity contribution is 7.89. The predicted octanol–water partition coefficient (Wildman–Crippen LogP) is 3.24. The number of nitrogens with one attached hydrogen (secondary N) is 1. The van der Waals surface area contributed by atoms with Gasteiger partial charge in [0, 0.05) is 32.0 Å². The van der Waals surface area contributed by atoms with E-state index in [9.17, 15) is 13.2 Å². The topological polar surface area (TPSA) is 69.7 Å². The smallest absolute Gasteiger partial charge is 0.243 e. The number of carbonyl (C=O) groups excluding carboxylic acids is 1. The van der Waals surface area contributed by atoms with Crippen LogP contribution in [0.25, 0.3) is 0 Å². The van der Waals surface area contributed by atoms with Crippen molar-refractivity contribution in [3.05, 3.63) is 54.1 Å². The molecule has 0 saturated carbocycles. The van der Waals surface area contributed by atoms with Crippen LogP contribution in [0.4, 0.5) is 11.4 Å². The van der Waals surface area contributed by atoms with E-state index in [4.69, 9.17) is 0 Å². The van der Waals surface area contributed by atoms with Gasteiger partial charge in [-0.1, -0.05) is 24.1 Å². The van der Waals surface area contributed by atoms with Gasteiger partial charge >= 0.3 is 0 Å². The first-order valence-corrected chi connectivity index (χ1v) is 10.9. The van der Waals surface area contributed by atoms with E-state index in [-0.39, 0.29) is 10.8 Å². The molecule has 150 valence electrons. The summed E-state index contributed by atoms with van der Waals surface area (Å²) in [6.45, 7) is 2.27. The number of aryl methyl sites for hydroxylation is 1. The van der Waals surface area contributed by atoms with Crippen molar-refractivity contribution in [3.63, 3.8) is 0 Å². The summed E-state index contributed by atoms with van der Waals surface area (Å²) in [6.07, 6.45) is 2.11. The summed E-state index contributed by atoms with van der Waals surface area (Å²) in [7, 11) is 0.178. The molecule has 0 radical (unpaired) electrons. The van der Waals surface area contributed by atoms with E-state index in [1.54, 1.807) is 24.3 Å². The van der Waals surface area contributed by atoms with Crippen molar-refractivity contribution in [2.75, 3.05) is 30.9 Å². The van der Waals surface area contributed by atoms with Crippen LogP contribution in [0.5, 0.6) is 0 Å². The van der Waals surface area contributed by atoms with Gasteiger partial charge in [-0.25, -0.2) is 8.42 Å². The Bertz CT molecular complexity index is 922. The average Bonchev–Trinajstić information content (AvgIpc) is 2.68. The highest BCUT2D eigenvalue weighted by atomic mass is 32.2. The van der Waals surface area contributed by atoms with Crippen molar-refractivity contribution in [2.45, 2.75) is 37.1 Å². The molecule has 2 aromatic carbocycles. The van der Waals surface area contributed by atoms with Crippen LogP contribution in [0.2, 0.25) is 0 Å². The molecule has 7 heteroatoms. The quantitative estimate of drug-likeness (QED) is 0.835. The first-order chi connectivity index (χ1) is 13.3. The van der Waals surface area contributed by atoms with Crippen molar-refractivity contribution >= 4 is 27.3 Å². The van der Waals surface area contributed by atoms with Gasteiger partial charge < -0.3 is 10.2 Å². The summed E-state index contributed by atoms with van der Waals surface area (Å²) >= 11 is 0. The third-order valence-corrected chi connectivity index (χ3v) is 6.96. The van der Waals surface area contributed by atoms with Gasteiger partial charge in [-0.05, 0) is 56.2 Å². The van der Waals surface area contributed by atoms with Gasteiger partial charge in [-0.2, -0.15) is 4.31 Å². The Morgan fingerprint density at radius 2 is 1.68 bits per heavy atom. The highest BCUT2D eigenvalue weighted by Crippen LogP contribution is 2.27. The van der Waals surface area contributed by atoms with Gasteiger partial charge in [0.2, 0.25) is 15.9 Å². The van der Waals surface area contributed by atoms with Crippen molar-refractivity contribution < 1.29 is 13.2 Å². The number of hydrogen-bond donors (Lipinski definition) is 1. The molecule has 0 aliphatic carbocycles. The Morgan fingerprint density at radius 1 is 1.04 bits per heavy atom. The van der Waals surface area contributed by atoms with Crippen LogP contribution >= 0.6 is 0 Å². The summed E-state index contributed by atoms with van der Waals surface area (Å²) in [5.41, 5.74) is 2.68. The number of piperidine rings is 1. The lowest BCUT2D eigenvalue weighted by Crippen LogP contribution is -2.49. The maximum atomic E-state index is 13.1. The van der Waals surface area contributed by atoms with Gasteiger partial charge in [0.25, 0.3) is 0 Å². The molecule has 0 spiro atoms. The molecule has 1 aliphatic rings. The molecular formula is C21H27N3O3S. The Labute approximate surface area is 167 Å². The van der Waals surface area contributed by atoms with Crippen LogP contribution in [-0.4, -0.2) is 45.3 Å². The summed E-state index contributed by atoms with van der Waals surface area (Å²) in [4.78, 5) is 15.1. The molecule has 1 atom stereocenters. The molecule has 3 rings (SSSR count). The van der Waals surface area contributed by atoms with Gasteiger partial charge in [0.15, 0.2) is 0 Å². The van der Waals surface area contributed by atoms with E-state index < -0.39 is 16.1 Å². The third-order valence-electron chi connectivity index (χ3n) is 5.04. The van der Waals surface area contributed by atoms with Crippen LogP contribution in [0.1, 0.15) is 24.8 Å². The van der Waals surface area contributed by atoms with Gasteiger partial charge in [-0.3, -0.25) is 4.79 Å². The van der Waals surface area contributed by atoms with Crippen LogP contribution in [-0.2, 0) is 14.8 Å². The fourth-order valence-electron chi connectivity index (χ4n) is 3.37. The maximum Gasteiger partial charge on any atom is 0.243 e. The normalized spacial score (nSPS) is 17.9. The zero-order chi connectivity index (χ0) is 20.3. The molecule has 0 unspecified atom stereocenters. The number of amides is 1. The Morgan fingerprint density at radius 3 is 2.29 bits per heavy atom. The monoisotopic (exact) mass is 401 g/mol. The Balaban J connectivity index is 1.80. The first kappa shape index (κ1) is 20.4. The Kier molecular flexibility index (Phi) is 6.05. The van der Waals surface area contributed by atoms with E-state index in [1.165, 1.54) is 4.31 Å². The minimum absolute atomic E-state index is 0.230. The number of anilines is 2. The van der Waals surface area contributed by atoms with Crippen molar-refractivity contribution in [1.29, 1.82) is 0 Å². The van der Waals surface area contributed by atoms with E-state index in [2.05, 4.69) is 5.32 Å². The van der Waals surface area contributed by atoms with Gasteiger partial charge in [0.1, 0.15) is 6.04 Å². The molecule has 1 amide bonds. The third kappa shape index (κ3) is 4.36. The minimum Gasteiger partial charge on any atom is -0.378 e. The fourth-order valence-corrected chi connectivity index (χ4v) is 5.03.